The largest absolute Gasteiger partial charge is 0.359 e. The predicted octanol–water partition coefficient (Wildman–Crippen LogP) is 3.43. The smallest absolute Gasteiger partial charge is 0.157 e. The summed E-state index contributed by atoms with van der Waals surface area (Å²) in [5.41, 5.74) is 0.333. The summed E-state index contributed by atoms with van der Waals surface area (Å²) in [6.07, 6.45) is 8.05. The second-order valence-electron chi connectivity index (χ2n) is 5.20. The van der Waals surface area contributed by atoms with Crippen molar-refractivity contribution in [2.75, 3.05) is 12.3 Å². The van der Waals surface area contributed by atoms with Gasteiger partial charge >= 0.3 is 0 Å². The molecule has 0 spiro atoms. The van der Waals surface area contributed by atoms with Crippen LogP contribution >= 0.6 is 11.8 Å². The SMILES string of the molecule is CCC1(CC)CSC(=NCC2CCCC2)N1. The standard InChI is InChI=1S/C13H24N2S/c1-3-13(4-2)10-16-12(15-13)14-9-11-7-5-6-8-11/h11H,3-10H2,1-2H3,(H,14,15). The van der Waals surface area contributed by atoms with Crippen LogP contribution in [0.2, 0.25) is 0 Å². The summed E-state index contributed by atoms with van der Waals surface area (Å²) in [4.78, 5) is 4.76. The molecule has 2 fully saturated rings. The van der Waals surface area contributed by atoms with E-state index in [0.717, 1.165) is 12.5 Å². The predicted molar refractivity (Wildman–Crippen MR) is 73.2 cm³/mol. The van der Waals surface area contributed by atoms with E-state index in [0.29, 0.717) is 5.54 Å². The molecule has 1 aliphatic heterocycles. The number of nitrogens with zero attached hydrogens (tertiary/aromatic N) is 1. The van der Waals surface area contributed by atoms with Gasteiger partial charge in [-0.3, -0.25) is 4.99 Å². The van der Waals surface area contributed by atoms with Crippen molar-refractivity contribution in [2.45, 2.75) is 57.9 Å². The van der Waals surface area contributed by atoms with Gasteiger partial charge in [0, 0.05) is 17.8 Å². The summed E-state index contributed by atoms with van der Waals surface area (Å²) in [5.74, 6) is 2.07. The van der Waals surface area contributed by atoms with Crippen molar-refractivity contribution in [1.29, 1.82) is 0 Å². The maximum absolute atomic E-state index is 4.76. The average molecular weight is 240 g/mol. The zero-order chi connectivity index (χ0) is 11.4. The van der Waals surface area contributed by atoms with Crippen LogP contribution in [0, 0.1) is 5.92 Å². The van der Waals surface area contributed by atoms with E-state index in [1.165, 1.54) is 49.4 Å². The first kappa shape index (κ1) is 12.3. The molecule has 0 unspecified atom stereocenters. The van der Waals surface area contributed by atoms with Gasteiger partial charge in [-0.2, -0.15) is 0 Å². The normalized spacial score (nSPS) is 27.5. The van der Waals surface area contributed by atoms with Crippen molar-refractivity contribution in [3.05, 3.63) is 0 Å². The Morgan fingerprint density at radius 1 is 1.31 bits per heavy atom. The number of hydrogen-bond acceptors (Lipinski definition) is 2. The minimum absolute atomic E-state index is 0.333. The van der Waals surface area contributed by atoms with E-state index < -0.39 is 0 Å². The third-order valence-corrected chi connectivity index (χ3v) is 5.38. The Morgan fingerprint density at radius 2 is 2.00 bits per heavy atom. The number of hydrogen-bond donors (Lipinski definition) is 1. The molecule has 2 aliphatic rings. The molecular weight excluding hydrogens is 216 g/mol. The fourth-order valence-electron chi connectivity index (χ4n) is 2.63. The van der Waals surface area contributed by atoms with Crippen LogP contribution < -0.4 is 5.32 Å². The highest BCUT2D eigenvalue weighted by Crippen LogP contribution is 2.30. The van der Waals surface area contributed by atoms with Crippen LogP contribution in [0.3, 0.4) is 0 Å². The molecule has 1 saturated carbocycles. The van der Waals surface area contributed by atoms with Gasteiger partial charge in [0.15, 0.2) is 5.17 Å². The number of rotatable bonds is 4. The fraction of sp³-hybridized carbons (Fsp3) is 0.923. The second kappa shape index (κ2) is 5.44. The van der Waals surface area contributed by atoms with Crippen molar-refractivity contribution in [2.24, 2.45) is 10.9 Å². The maximum atomic E-state index is 4.76. The Balaban J connectivity index is 1.84. The molecule has 2 nitrogen and oxygen atoms in total. The van der Waals surface area contributed by atoms with Gasteiger partial charge in [-0.05, 0) is 31.6 Å². The summed E-state index contributed by atoms with van der Waals surface area (Å²) in [6.45, 7) is 5.60. The van der Waals surface area contributed by atoms with Gasteiger partial charge in [-0.1, -0.05) is 38.5 Å². The molecule has 0 aromatic rings. The van der Waals surface area contributed by atoms with Crippen LogP contribution in [-0.4, -0.2) is 23.0 Å². The van der Waals surface area contributed by atoms with Crippen molar-refractivity contribution in [3.8, 4) is 0 Å². The third kappa shape index (κ3) is 2.73. The highest BCUT2D eigenvalue weighted by Gasteiger charge is 2.33. The lowest BCUT2D eigenvalue weighted by atomic mass is 9.96. The first-order valence-electron chi connectivity index (χ1n) is 6.73. The lowest BCUT2D eigenvalue weighted by molar-refractivity contribution is 0.407. The Morgan fingerprint density at radius 3 is 2.56 bits per heavy atom. The van der Waals surface area contributed by atoms with Gasteiger partial charge in [0.2, 0.25) is 0 Å². The van der Waals surface area contributed by atoms with Crippen molar-refractivity contribution < 1.29 is 0 Å². The van der Waals surface area contributed by atoms with E-state index in [1.807, 2.05) is 11.8 Å². The summed E-state index contributed by atoms with van der Waals surface area (Å²) < 4.78 is 0. The second-order valence-corrected chi connectivity index (χ2v) is 6.16. The minimum Gasteiger partial charge on any atom is -0.359 e. The molecule has 0 aromatic carbocycles. The Labute approximate surface area is 104 Å². The van der Waals surface area contributed by atoms with Crippen molar-refractivity contribution in [3.63, 3.8) is 0 Å². The molecule has 1 N–H and O–H groups in total. The summed E-state index contributed by atoms with van der Waals surface area (Å²) in [6, 6.07) is 0. The molecule has 16 heavy (non-hydrogen) atoms. The van der Waals surface area contributed by atoms with Crippen LogP contribution in [0.1, 0.15) is 52.4 Å². The molecule has 3 heteroatoms. The molecule has 0 amide bonds. The molecule has 1 saturated heterocycles. The summed E-state index contributed by atoms with van der Waals surface area (Å²) >= 11 is 1.92. The van der Waals surface area contributed by atoms with Gasteiger partial charge in [0.05, 0.1) is 0 Å². The zero-order valence-electron chi connectivity index (χ0n) is 10.6. The maximum Gasteiger partial charge on any atom is 0.157 e. The van der Waals surface area contributed by atoms with E-state index in [2.05, 4.69) is 19.2 Å². The average Bonchev–Trinajstić information content (AvgIpc) is 2.96. The van der Waals surface area contributed by atoms with Crippen molar-refractivity contribution in [1.82, 2.24) is 5.32 Å². The van der Waals surface area contributed by atoms with E-state index in [1.54, 1.807) is 0 Å². The van der Waals surface area contributed by atoms with E-state index in [9.17, 15) is 0 Å². The molecule has 1 aliphatic carbocycles. The molecular formula is C13H24N2S. The van der Waals surface area contributed by atoms with Crippen LogP contribution in [0.5, 0.6) is 0 Å². The topological polar surface area (TPSA) is 24.4 Å². The number of aliphatic imine (C=N–C) groups is 1. The quantitative estimate of drug-likeness (QED) is 0.814. The first-order valence-corrected chi connectivity index (χ1v) is 7.72. The van der Waals surface area contributed by atoms with Crippen LogP contribution in [0.15, 0.2) is 4.99 Å². The zero-order valence-corrected chi connectivity index (χ0v) is 11.4. The van der Waals surface area contributed by atoms with Crippen LogP contribution in [-0.2, 0) is 0 Å². The molecule has 92 valence electrons. The van der Waals surface area contributed by atoms with E-state index in [-0.39, 0.29) is 0 Å². The molecule has 0 atom stereocenters. The van der Waals surface area contributed by atoms with Crippen LogP contribution in [0.4, 0.5) is 0 Å². The van der Waals surface area contributed by atoms with Gasteiger partial charge in [0.25, 0.3) is 0 Å². The molecule has 1 heterocycles. The molecule has 0 bridgehead atoms. The lowest BCUT2D eigenvalue weighted by Crippen LogP contribution is -2.42. The van der Waals surface area contributed by atoms with Gasteiger partial charge < -0.3 is 5.32 Å². The van der Waals surface area contributed by atoms with Gasteiger partial charge in [-0.15, -0.1) is 0 Å². The Bertz CT molecular complexity index is 253. The monoisotopic (exact) mass is 240 g/mol. The lowest BCUT2D eigenvalue weighted by Gasteiger charge is -2.25. The summed E-state index contributed by atoms with van der Waals surface area (Å²) in [7, 11) is 0. The number of nitrogens with one attached hydrogen (secondary N) is 1. The Hall–Kier alpha value is -0.180. The van der Waals surface area contributed by atoms with Crippen molar-refractivity contribution >= 4 is 16.9 Å². The first-order chi connectivity index (χ1) is 7.78. The minimum atomic E-state index is 0.333. The summed E-state index contributed by atoms with van der Waals surface area (Å²) in [5, 5.41) is 4.84. The third-order valence-electron chi connectivity index (χ3n) is 4.18. The van der Waals surface area contributed by atoms with Crippen LogP contribution in [0.25, 0.3) is 0 Å². The molecule has 2 rings (SSSR count). The van der Waals surface area contributed by atoms with E-state index in [4.69, 9.17) is 4.99 Å². The molecule has 0 radical (unpaired) electrons. The number of amidine groups is 1. The molecule has 0 aromatic heterocycles. The fourth-order valence-corrected chi connectivity index (χ4v) is 3.97. The highest BCUT2D eigenvalue weighted by molar-refractivity contribution is 8.14. The Kier molecular flexibility index (Phi) is 4.17. The highest BCUT2D eigenvalue weighted by atomic mass is 32.2. The van der Waals surface area contributed by atoms with E-state index >= 15 is 0 Å². The number of thioether (sulfide) groups is 1. The van der Waals surface area contributed by atoms with Gasteiger partial charge in [-0.25, -0.2) is 0 Å². The van der Waals surface area contributed by atoms with Gasteiger partial charge in [0.1, 0.15) is 0 Å².